The van der Waals surface area contributed by atoms with Gasteiger partial charge in [0.05, 0.1) is 0 Å². The number of nitrogens with one attached hydrogen (secondary N) is 1. The summed E-state index contributed by atoms with van der Waals surface area (Å²) in [7, 11) is 2.67. The Balaban J connectivity index is 3.55. The smallest absolute Gasteiger partial charge is 0.0227 e. The van der Waals surface area contributed by atoms with Crippen molar-refractivity contribution in [3.05, 3.63) is 0 Å². The van der Waals surface area contributed by atoms with Gasteiger partial charge < -0.3 is 0 Å². The van der Waals surface area contributed by atoms with Crippen LogP contribution in [0.3, 0.4) is 0 Å². The molecule has 0 saturated carbocycles. The zero-order chi connectivity index (χ0) is 12.4. The molecule has 0 saturated heterocycles. The van der Waals surface area contributed by atoms with Gasteiger partial charge in [0.2, 0.25) is 0 Å². The summed E-state index contributed by atoms with van der Waals surface area (Å²) in [5.74, 6) is 0. The summed E-state index contributed by atoms with van der Waals surface area (Å²) in [6.07, 6.45) is 10.5. The zero-order valence-corrected chi connectivity index (χ0v) is 13.9. The Bertz CT molecular complexity index is 162. The Morgan fingerprint density at radius 1 is 1.19 bits per heavy atom. The van der Waals surface area contributed by atoms with Crippen molar-refractivity contribution in [3.63, 3.8) is 0 Å². The molecule has 3 unspecified atom stereocenters. The lowest BCUT2D eigenvalue weighted by atomic mass is 9.98. The fourth-order valence-corrected chi connectivity index (χ4v) is 2.44. The number of unbranched alkanes of at least 4 members (excludes halogenated alkanes) is 2. The van der Waals surface area contributed by atoms with E-state index in [0.29, 0.717) is 10.4 Å². The van der Waals surface area contributed by atoms with Gasteiger partial charge in [-0.1, -0.05) is 64.9 Å². The van der Waals surface area contributed by atoms with Crippen molar-refractivity contribution < 1.29 is 0 Å². The van der Waals surface area contributed by atoms with Gasteiger partial charge in [-0.3, -0.25) is 5.09 Å². The van der Waals surface area contributed by atoms with Gasteiger partial charge in [-0.25, -0.2) is 0 Å². The Morgan fingerprint density at radius 3 is 2.31 bits per heavy atom. The highest BCUT2D eigenvalue weighted by Gasteiger charge is 2.16. The second-order valence-corrected chi connectivity index (χ2v) is 7.27. The Morgan fingerprint density at radius 2 is 1.81 bits per heavy atom. The normalized spacial score (nSPS) is 17.1. The van der Waals surface area contributed by atoms with Gasteiger partial charge in [0.1, 0.15) is 0 Å². The molecular formula is C13H29BrNP. The summed E-state index contributed by atoms with van der Waals surface area (Å²) in [6, 6.07) is 0.702. The minimum absolute atomic E-state index is 0.361. The van der Waals surface area contributed by atoms with Gasteiger partial charge in [0.15, 0.2) is 0 Å². The molecule has 0 fully saturated rings. The van der Waals surface area contributed by atoms with E-state index < -0.39 is 0 Å². The van der Waals surface area contributed by atoms with Crippen molar-refractivity contribution in [2.24, 2.45) is 0 Å². The van der Waals surface area contributed by atoms with Crippen LogP contribution in [0.1, 0.15) is 72.1 Å². The van der Waals surface area contributed by atoms with Crippen LogP contribution in [-0.2, 0) is 0 Å². The quantitative estimate of drug-likeness (QED) is 0.338. The maximum atomic E-state index is 3.79. The van der Waals surface area contributed by atoms with E-state index in [-0.39, 0.29) is 0 Å². The van der Waals surface area contributed by atoms with Crippen molar-refractivity contribution in [2.45, 2.75) is 82.5 Å². The van der Waals surface area contributed by atoms with E-state index in [9.17, 15) is 0 Å². The molecule has 1 nitrogen and oxygen atoms in total. The first-order valence-electron chi connectivity index (χ1n) is 6.70. The van der Waals surface area contributed by atoms with Crippen molar-refractivity contribution >= 4 is 25.3 Å². The van der Waals surface area contributed by atoms with Gasteiger partial charge >= 0.3 is 0 Å². The third-order valence-electron chi connectivity index (χ3n) is 3.38. The first-order chi connectivity index (χ1) is 7.55. The Hall–Kier alpha value is 0.870. The molecule has 0 rings (SSSR count). The molecule has 0 aromatic carbocycles. The highest BCUT2D eigenvalue weighted by atomic mass is 79.9. The van der Waals surface area contributed by atoms with E-state index in [1.807, 2.05) is 0 Å². The highest BCUT2D eigenvalue weighted by Crippen LogP contribution is 2.28. The van der Waals surface area contributed by atoms with Crippen LogP contribution >= 0.6 is 25.3 Å². The Labute approximate surface area is 113 Å². The molecule has 0 amide bonds. The van der Waals surface area contributed by atoms with Crippen molar-refractivity contribution in [3.8, 4) is 0 Å². The molecule has 0 spiro atoms. The second-order valence-electron chi connectivity index (χ2n) is 5.02. The number of halogens is 1. The first-order valence-corrected chi connectivity index (χ1v) is 8.07. The van der Waals surface area contributed by atoms with E-state index >= 15 is 0 Å². The molecule has 0 aromatic heterocycles. The van der Waals surface area contributed by atoms with Crippen LogP contribution < -0.4 is 5.09 Å². The number of rotatable bonds is 10. The second kappa shape index (κ2) is 9.85. The van der Waals surface area contributed by atoms with E-state index in [1.165, 1.54) is 51.4 Å². The third kappa shape index (κ3) is 8.96. The summed E-state index contributed by atoms with van der Waals surface area (Å²) in [6.45, 7) is 6.82. The molecule has 0 aliphatic carbocycles. The lowest BCUT2D eigenvalue weighted by Gasteiger charge is -2.21. The number of hydrogen-bond donors (Lipinski definition) is 1. The van der Waals surface area contributed by atoms with Crippen LogP contribution in [0, 0.1) is 0 Å². The summed E-state index contributed by atoms with van der Waals surface area (Å²) in [4.78, 5) is 0. The predicted octanol–water partition coefficient (Wildman–Crippen LogP) is 5.05. The largest absolute Gasteiger partial charge is 0.298 e. The van der Waals surface area contributed by atoms with E-state index in [2.05, 4.69) is 51.2 Å². The molecule has 0 radical (unpaired) electrons. The topological polar surface area (TPSA) is 12.0 Å². The van der Waals surface area contributed by atoms with E-state index in [4.69, 9.17) is 0 Å². The summed E-state index contributed by atoms with van der Waals surface area (Å²) < 4.78 is 0.361. The summed E-state index contributed by atoms with van der Waals surface area (Å²) in [5, 5.41) is 3.35. The van der Waals surface area contributed by atoms with Gasteiger partial charge in [-0.15, -0.1) is 0 Å². The molecule has 0 heterocycles. The van der Waals surface area contributed by atoms with Crippen LogP contribution in [0.5, 0.6) is 0 Å². The van der Waals surface area contributed by atoms with Crippen LogP contribution in [-0.4, -0.2) is 10.4 Å². The molecule has 3 atom stereocenters. The van der Waals surface area contributed by atoms with Crippen LogP contribution in [0.2, 0.25) is 0 Å². The highest BCUT2D eigenvalue weighted by molar-refractivity contribution is 9.10. The van der Waals surface area contributed by atoms with E-state index in [0.717, 1.165) is 0 Å². The molecular weight excluding hydrogens is 281 g/mol. The predicted molar refractivity (Wildman–Crippen MR) is 82.2 cm³/mol. The van der Waals surface area contributed by atoms with Crippen molar-refractivity contribution in [2.75, 3.05) is 0 Å². The van der Waals surface area contributed by atoms with Gasteiger partial charge in [-0.2, -0.15) is 0 Å². The molecule has 0 bridgehead atoms. The minimum Gasteiger partial charge on any atom is -0.298 e. The lowest BCUT2D eigenvalue weighted by molar-refractivity contribution is 0.464. The zero-order valence-electron chi connectivity index (χ0n) is 11.2. The SMILES string of the molecule is CCCCC(CCCCC(C)(Br)CC)NP. The molecule has 1 N–H and O–H groups in total. The number of alkyl halides is 1. The van der Waals surface area contributed by atoms with Crippen LogP contribution in [0.4, 0.5) is 0 Å². The average molecular weight is 310 g/mol. The molecule has 98 valence electrons. The lowest BCUT2D eigenvalue weighted by Crippen LogP contribution is -2.20. The maximum Gasteiger partial charge on any atom is 0.0227 e. The summed E-state index contributed by atoms with van der Waals surface area (Å²) in [5.41, 5.74) is 0. The molecule has 16 heavy (non-hydrogen) atoms. The fraction of sp³-hybridized carbons (Fsp3) is 1.00. The molecule has 0 aromatic rings. The molecule has 3 heteroatoms. The maximum absolute atomic E-state index is 3.79. The van der Waals surface area contributed by atoms with Crippen LogP contribution in [0.25, 0.3) is 0 Å². The monoisotopic (exact) mass is 309 g/mol. The van der Waals surface area contributed by atoms with Gasteiger partial charge in [0.25, 0.3) is 0 Å². The van der Waals surface area contributed by atoms with Crippen LogP contribution in [0.15, 0.2) is 0 Å². The molecule has 0 aliphatic heterocycles. The fourth-order valence-electron chi connectivity index (χ4n) is 1.82. The average Bonchev–Trinajstić information content (AvgIpc) is 2.28. The van der Waals surface area contributed by atoms with Gasteiger partial charge in [-0.05, 0) is 32.6 Å². The van der Waals surface area contributed by atoms with Crippen molar-refractivity contribution in [1.29, 1.82) is 0 Å². The van der Waals surface area contributed by atoms with E-state index in [1.54, 1.807) is 0 Å². The van der Waals surface area contributed by atoms with Gasteiger partial charge in [0, 0.05) is 10.4 Å². The third-order valence-corrected chi connectivity index (χ3v) is 4.81. The summed E-state index contributed by atoms with van der Waals surface area (Å²) >= 11 is 3.79. The van der Waals surface area contributed by atoms with Crippen molar-refractivity contribution in [1.82, 2.24) is 5.09 Å². The number of hydrogen-bond acceptors (Lipinski definition) is 1. The molecule has 0 aliphatic rings. The standard InChI is InChI=1S/C13H29BrNP/c1-4-6-9-12(15-16)10-7-8-11-13(3,14)5-2/h12,15H,4-11,16H2,1-3H3. The minimum atomic E-state index is 0.361. The first kappa shape index (κ1) is 16.9. The Kier molecular flexibility index (Phi) is 10.4.